The monoisotopic (exact) mass is 475 g/mol. The lowest BCUT2D eigenvalue weighted by Gasteiger charge is -2.38. The van der Waals surface area contributed by atoms with E-state index in [-0.39, 0.29) is 22.6 Å². The predicted octanol–water partition coefficient (Wildman–Crippen LogP) is 2.82. The second kappa shape index (κ2) is 11.0. The Balaban J connectivity index is 1.47. The van der Waals surface area contributed by atoms with Crippen LogP contribution in [0.2, 0.25) is 0 Å². The van der Waals surface area contributed by atoms with Crippen molar-refractivity contribution in [1.82, 2.24) is 14.7 Å². The molecule has 10 nitrogen and oxygen atoms in total. The molecule has 2 amide bonds. The van der Waals surface area contributed by atoms with Crippen LogP contribution in [0.25, 0.3) is 0 Å². The van der Waals surface area contributed by atoms with Gasteiger partial charge in [0, 0.05) is 52.4 Å². The SMILES string of the molecule is CN(CC1CCCN(CC(=O)N2CCN(c3ccccc3[N+](=O)[O-])CC2)C1)C(=O)OC(C)(C)C. The number of benzene rings is 1. The van der Waals surface area contributed by atoms with Gasteiger partial charge in [-0.2, -0.15) is 0 Å². The van der Waals surface area contributed by atoms with Crippen LogP contribution in [0.5, 0.6) is 0 Å². The van der Waals surface area contributed by atoms with Crippen LogP contribution in [0, 0.1) is 16.0 Å². The van der Waals surface area contributed by atoms with Crippen LogP contribution in [0.1, 0.15) is 33.6 Å². The molecule has 1 aromatic carbocycles. The maximum Gasteiger partial charge on any atom is 0.410 e. The van der Waals surface area contributed by atoms with Crippen molar-refractivity contribution < 1.29 is 19.2 Å². The zero-order chi connectivity index (χ0) is 24.9. The van der Waals surface area contributed by atoms with Gasteiger partial charge in [-0.1, -0.05) is 12.1 Å². The number of hydrogen-bond donors (Lipinski definition) is 0. The molecule has 0 radical (unpaired) electrons. The Morgan fingerprint density at radius 3 is 2.47 bits per heavy atom. The van der Waals surface area contributed by atoms with Gasteiger partial charge in [0.25, 0.3) is 5.69 Å². The zero-order valence-electron chi connectivity index (χ0n) is 20.7. The first-order chi connectivity index (χ1) is 16.0. The summed E-state index contributed by atoms with van der Waals surface area (Å²) in [7, 11) is 1.76. The first kappa shape index (κ1) is 25.7. The molecule has 10 heteroatoms. The molecule has 0 aromatic heterocycles. The Hall–Kier alpha value is -2.88. The van der Waals surface area contributed by atoms with Gasteiger partial charge >= 0.3 is 6.09 Å². The van der Waals surface area contributed by atoms with Crippen molar-refractivity contribution in [2.75, 3.05) is 64.3 Å². The average molecular weight is 476 g/mol. The number of para-hydroxylation sites is 2. The second-order valence-electron chi connectivity index (χ2n) is 10.2. The highest BCUT2D eigenvalue weighted by molar-refractivity contribution is 5.78. The van der Waals surface area contributed by atoms with E-state index < -0.39 is 5.60 Å². The third kappa shape index (κ3) is 7.06. The summed E-state index contributed by atoms with van der Waals surface area (Å²) in [5.41, 5.74) is 0.178. The van der Waals surface area contributed by atoms with Crippen LogP contribution in [0.15, 0.2) is 24.3 Å². The molecule has 0 spiro atoms. The van der Waals surface area contributed by atoms with E-state index in [1.165, 1.54) is 6.07 Å². The minimum Gasteiger partial charge on any atom is -0.444 e. The van der Waals surface area contributed by atoms with Gasteiger partial charge < -0.3 is 19.4 Å². The fourth-order valence-corrected chi connectivity index (χ4v) is 4.62. The maximum atomic E-state index is 13.0. The summed E-state index contributed by atoms with van der Waals surface area (Å²) in [4.78, 5) is 43.8. The molecule has 2 aliphatic heterocycles. The van der Waals surface area contributed by atoms with Gasteiger partial charge in [-0.15, -0.1) is 0 Å². The molecule has 188 valence electrons. The Kier molecular flexibility index (Phi) is 8.35. The molecular weight excluding hydrogens is 438 g/mol. The van der Waals surface area contributed by atoms with Crippen LogP contribution in [0.3, 0.4) is 0 Å². The number of nitro groups is 1. The lowest BCUT2D eigenvalue weighted by atomic mass is 9.97. The number of hydrogen-bond acceptors (Lipinski definition) is 7. The van der Waals surface area contributed by atoms with Crippen LogP contribution in [0.4, 0.5) is 16.2 Å². The largest absolute Gasteiger partial charge is 0.444 e. The quantitative estimate of drug-likeness (QED) is 0.461. The minimum atomic E-state index is -0.522. The molecule has 0 bridgehead atoms. The molecule has 1 unspecified atom stereocenters. The highest BCUT2D eigenvalue weighted by Gasteiger charge is 2.29. The molecular formula is C24H37N5O5. The second-order valence-corrected chi connectivity index (χ2v) is 10.2. The van der Waals surface area contributed by atoms with Gasteiger partial charge in [0.05, 0.1) is 11.5 Å². The molecule has 0 saturated carbocycles. The van der Waals surface area contributed by atoms with Crippen molar-refractivity contribution in [2.24, 2.45) is 5.92 Å². The fraction of sp³-hybridized carbons (Fsp3) is 0.667. The van der Waals surface area contributed by atoms with Crippen molar-refractivity contribution in [3.63, 3.8) is 0 Å². The van der Waals surface area contributed by atoms with E-state index in [1.807, 2.05) is 30.6 Å². The highest BCUT2D eigenvalue weighted by Crippen LogP contribution is 2.28. The molecule has 2 aliphatic rings. The number of nitrogens with zero attached hydrogens (tertiary/aromatic N) is 5. The summed E-state index contributed by atoms with van der Waals surface area (Å²) in [5.74, 6) is 0.387. The smallest absolute Gasteiger partial charge is 0.410 e. The number of amides is 2. The van der Waals surface area contributed by atoms with Gasteiger partial charge in [0.1, 0.15) is 11.3 Å². The Labute approximate surface area is 201 Å². The zero-order valence-corrected chi connectivity index (χ0v) is 20.7. The third-order valence-corrected chi connectivity index (χ3v) is 6.25. The molecule has 3 rings (SSSR count). The summed E-state index contributed by atoms with van der Waals surface area (Å²) in [6.45, 7) is 10.4. The molecule has 0 aliphatic carbocycles. The summed E-state index contributed by atoms with van der Waals surface area (Å²) in [5, 5.41) is 11.3. The van der Waals surface area contributed by atoms with Crippen LogP contribution >= 0.6 is 0 Å². The van der Waals surface area contributed by atoms with E-state index in [1.54, 1.807) is 30.1 Å². The van der Waals surface area contributed by atoms with E-state index in [0.717, 1.165) is 25.9 Å². The van der Waals surface area contributed by atoms with Crippen molar-refractivity contribution in [3.8, 4) is 0 Å². The normalized spacial score (nSPS) is 19.6. The number of ether oxygens (including phenoxy) is 1. The highest BCUT2D eigenvalue weighted by atomic mass is 16.6. The van der Waals surface area contributed by atoms with Gasteiger partial charge in [-0.3, -0.25) is 19.8 Å². The van der Waals surface area contributed by atoms with Gasteiger partial charge in [-0.05, 0) is 52.1 Å². The average Bonchev–Trinajstić information content (AvgIpc) is 2.78. The van der Waals surface area contributed by atoms with E-state index in [2.05, 4.69) is 4.90 Å². The first-order valence-electron chi connectivity index (χ1n) is 12.0. The number of carbonyl (C=O) groups excluding carboxylic acids is 2. The first-order valence-corrected chi connectivity index (χ1v) is 12.0. The number of likely N-dealkylation sites (tertiary alicyclic amines) is 1. The van der Waals surface area contributed by atoms with Crippen LogP contribution < -0.4 is 4.90 Å². The number of nitro benzene ring substituents is 1. The van der Waals surface area contributed by atoms with Gasteiger partial charge in [0.2, 0.25) is 5.91 Å². The summed E-state index contributed by atoms with van der Waals surface area (Å²) >= 11 is 0. The maximum absolute atomic E-state index is 13.0. The topological polar surface area (TPSA) is 99.5 Å². The van der Waals surface area contributed by atoms with E-state index in [4.69, 9.17) is 4.74 Å². The number of anilines is 1. The van der Waals surface area contributed by atoms with E-state index in [0.29, 0.717) is 50.9 Å². The van der Waals surface area contributed by atoms with Crippen molar-refractivity contribution in [2.45, 2.75) is 39.2 Å². The Bertz CT molecular complexity index is 879. The number of piperazine rings is 1. The van der Waals surface area contributed by atoms with E-state index >= 15 is 0 Å². The van der Waals surface area contributed by atoms with Crippen LogP contribution in [-0.2, 0) is 9.53 Å². The van der Waals surface area contributed by atoms with Crippen molar-refractivity contribution in [1.29, 1.82) is 0 Å². The van der Waals surface area contributed by atoms with E-state index in [9.17, 15) is 19.7 Å². The summed E-state index contributed by atoms with van der Waals surface area (Å²) < 4.78 is 5.44. The number of carbonyl (C=O) groups is 2. The van der Waals surface area contributed by atoms with Crippen molar-refractivity contribution >= 4 is 23.4 Å². The molecule has 34 heavy (non-hydrogen) atoms. The molecule has 2 saturated heterocycles. The Morgan fingerprint density at radius 1 is 1.15 bits per heavy atom. The fourth-order valence-electron chi connectivity index (χ4n) is 4.62. The Morgan fingerprint density at radius 2 is 1.82 bits per heavy atom. The number of piperidine rings is 1. The van der Waals surface area contributed by atoms with Crippen molar-refractivity contribution in [3.05, 3.63) is 34.4 Å². The third-order valence-electron chi connectivity index (χ3n) is 6.25. The molecule has 1 atom stereocenters. The molecule has 2 fully saturated rings. The summed E-state index contributed by atoms with van der Waals surface area (Å²) in [6, 6.07) is 6.74. The number of rotatable bonds is 6. The lowest BCUT2D eigenvalue weighted by Crippen LogP contribution is -2.52. The standard InChI is InChI=1S/C24H37N5O5/c1-24(2,3)34-23(31)25(4)16-19-8-7-11-26(17-19)18-22(30)28-14-12-27(13-15-28)20-9-5-6-10-21(20)29(32)33/h5-6,9-10,19H,7-8,11-18H2,1-4H3. The summed E-state index contributed by atoms with van der Waals surface area (Å²) in [6.07, 6.45) is 1.69. The van der Waals surface area contributed by atoms with Gasteiger partial charge in [-0.25, -0.2) is 4.79 Å². The van der Waals surface area contributed by atoms with Gasteiger partial charge in [0.15, 0.2) is 0 Å². The lowest BCUT2D eigenvalue weighted by molar-refractivity contribution is -0.384. The minimum absolute atomic E-state index is 0.0864. The molecule has 0 N–H and O–H groups in total. The predicted molar refractivity (Wildman–Crippen MR) is 130 cm³/mol. The molecule has 1 aromatic rings. The molecule has 2 heterocycles. The van der Waals surface area contributed by atoms with Crippen LogP contribution in [-0.4, -0.2) is 96.6 Å².